The van der Waals surface area contributed by atoms with Crippen molar-refractivity contribution in [1.82, 2.24) is 26.6 Å². The highest BCUT2D eigenvalue weighted by atomic mass is 15.2. The van der Waals surface area contributed by atoms with E-state index in [1.54, 1.807) is 32.1 Å². The molecule has 0 aromatic rings. The Morgan fingerprint density at radius 1 is 0.137 bits per heavy atom. The van der Waals surface area contributed by atoms with Crippen LogP contribution in [0, 0.1) is 154 Å². The van der Waals surface area contributed by atoms with Crippen molar-refractivity contribution >= 4 is 0 Å². The molecule has 15 fully saturated rings. The first-order valence-corrected chi connectivity index (χ1v) is 62.2. The average molecular weight is 1860 g/mol. The molecule has 14 unspecified atom stereocenters. The van der Waals surface area contributed by atoms with Gasteiger partial charge in [-0.25, -0.2) is 0 Å². The van der Waals surface area contributed by atoms with Crippen LogP contribution in [0.25, 0.3) is 0 Å². The molecule has 11 aliphatic carbocycles. The summed E-state index contributed by atoms with van der Waals surface area (Å²) < 4.78 is 0. The van der Waals surface area contributed by atoms with E-state index in [1.165, 1.54) is 290 Å². The predicted molar refractivity (Wildman–Crippen MR) is 615 cm³/mol. The first-order chi connectivity index (χ1) is 63.5. The number of fused-ring (bicyclic) bond motifs is 3. The SMILES string of the molecule is CC.CC.CC.CC.CC.CC.CC.CC.CC.CC.CC.CC.CC.CC.CC.CC1CCC(C)CC1.CC1CCC(C2CCC(C)CC2)CC1.CC1CCC(C2CCC(C)CN2)CC1.CC1CCC(C2NCC(C)CN2)CC1.CC1CCC(CC2CCC(C)CC2)CC1.CC1CCC2CC(C)CCC2C1.CC1CCC2CC(C)NCC2C1.CC1CNC2CC(C)CCC2C1. The maximum absolute atomic E-state index is 3.75. The monoisotopic (exact) mass is 1860 g/mol. The fourth-order valence-electron chi connectivity index (χ4n) is 23.7. The summed E-state index contributed by atoms with van der Waals surface area (Å²) in [5.41, 5.74) is 0. The fourth-order valence-corrected chi connectivity index (χ4v) is 23.7. The zero-order valence-corrected chi connectivity index (χ0v) is 101. The number of rotatable bonds is 5. The van der Waals surface area contributed by atoms with Crippen LogP contribution < -0.4 is 26.6 Å². The summed E-state index contributed by atoms with van der Waals surface area (Å²) in [6.45, 7) is 105. The van der Waals surface area contributed by atoms with E-state index in [0.29, 0.717) is 6.17 Å². The maximum Gasteiger partial charge on any atom is 0.0600 e. The Morgan fingerprint density at radius 2 is 0.359 bits per heavy atom. The maximum atomic E-state index is 3.75. The third-order valence-electron chi connectivity index (χ3n) is 31.9. The molecule has 4 saturated heterocycles. The molecule has 5 heteroatoms. The van der Waals surface area contributed by atoms with Crippen molar-refractivity contribution in [1.29, 1.82) is 0 Å². The van der Waals surface area contributed by atoms with Gasteiger partial charge in [-0.15, -0.1) is 0 Å². The zero-order valence-electron chi connectivity index (χ0n) is 101. The van der Waals surface area contributed by atoms with Crippen molar-refractivity contribution in [3.63, 3.8) is 0 Å². The van der Waals surface area contributed by atoms with Gasteiger partial charge < -0.3 is 26.6 Å². The summed E-state index contributed by atoms with van der Waals surface area (Å²) in [4.78, 5) is 0. The van der Waals surface area contributed by atoms with Crippen molar-refractivity contribution in [2.45, 2.75) is 632 Å². The molecular weight excluding hydrogens is 1580 g/mol. The van der Waals surface area contributed by atoms with E-state index in [4.69, 9.17) is 0 Å². The second-order valence-electron chi connectivity index (χ2n) is 42.4. The molecule has 802 valence electrons. The highest BCUT2D eigenvalue weighted by Crippen LogP contribution is 2.46. The third kappa shape index (κ3) is 71.8. The summed E-state index contributed by atoms with van der Waals surface area (Å²) in [5.74, 6) is 26.3. The van der Waals surface area contributed by atoms with Crippen molar-refractivity contribution in [2.24, 2.45) is 154 Å². The topological polar surface area (TPSA) is 60.1 Å². The van der Waals surface area contributed by atoms with Gasteiger partial charge in [-0.1, -0.05) is 466 Å². The first kappa shape index (κ1) is 146. The molecule has 0 aromatic heterocycles. The van der Waals surface area contributed by atoms with Gasteiger partial charge in [-0.2, -0.15) is 0 Å². The minimum atomic E-state index is 0.610. The third-order valence-corrected chi connectivity index (χ3v) is 31.9. The van der Waals surface area contributed by atoms with Gasteiger partial charge in [0.15, 0.2) is 0 Å². The molecule has 0 radical (unpaired) electrons. The average Bonchev–Trinajstić information content (AvgIpc) is 0.845. The minimum Gasteiger partial charge on any atom is -0.314 e. The van der Waals surface area contributed by atoms with Gasteiger partial charge in [0, 0.05) is 31.2 Å². The van der Waals surface area contributed by atoms with E-state index in [9.17, 15) is 0 Å². The summed E-state index contributed by atoms with van der Waals surface area (Å²) in [6, 6.07) is 2.50. The zero-order chi connectivity index (χ0) is 102. The lowest BCUT2D eigenvalue weighted by Gasteiger charge is -2.41. The lowest BCUT2D eigenvalue weighted by atomic mass is 9.65. The molecule has 5 N–H and O–H groups in total. The Kier molecular flexibility index (Phi) is 115. The first-order valence-electron chi connectivity index (χ1n) is 62.2. The molecule has 15 rings (SSSR count). The molecule has 4 aliphatic heterocycles. The number of hydrogen-bond donors (Lipinski definition) is 5. The smallest absolute Gasteiger partial charge is 0.0600 e. The molecule has 0 spiro atoms. The molecule has 0 bridgehead atoms. The fraction of sp³-hybridized carbons (Fsp3) is 1.00. The van der Waals surface area contributed by atoms with Crippen LogP contribution in [0.15, 0.2) is 0 Å². The van der Waals surface area contributed by atoms with Crippen LogP contribution in [-0.2, 0) is 0 Å². The minimum absolute atomic E-state index is 0.610. The molecular formula is C126H273N5. The lowest BCUT2D eigenvalue weighted by molar-refractivity contribution is 0.109. The molecule has 5 nitrogen and oxygen atoms in total. The van der Waals surface area contributed by atoms with E-state index in [-0.39, 0.29) is 0 Å². The van der Waals surface area contributed by atoms with E-state index in [0.717, 1.165) is 172 Å². The second-order valence-corrected chi connectivity index (χ2v) is 42.4. The van der Waals surface area contributed by atoms with Crippen molar-refractivity contribution in [3.8, 4) is 0 Å². The molecule has 4 heterocycles. The molecule has 15 aliphatic rings. The van der Waals surface area contributed by atoms with Crippen LogP contribution in [-0.4, -0.2) is 57.0 Å². The molecule has 14 atom stereocenters. The van der Waals surface area contributed by atoms with Gasteiger partial charge in [0.2, 0.25) is 0 Å². The standard InChI is InChI=1S/C15H28.C14H26.C13H25N.C12H24N2.C12H22.2C11H21N.C8H16.15C2H6/c1-12-3-7-14(8-4-12)11-15-9-5-13(2)6-10-15;1-11-3-7-13(8-4-11)14-9-5-12(2)6-10-14;1-10-3-6-12(7-4-10)13-8-5-11(2)9-14-13;1-9-3-5-11(6-4-9)12-13-7-10(2)8-14-12;1-9-3-5-12-8-10(2)4-6-11(12)7-9;1-8-3-4-10-5-9(2)7-12-11(10)6-8;1-8-3-4-10-6-9(2)12-7-11(10)5-8;1-7-3-5-8(2)6-4-7;15*1-2/h12-15H,3-11H2,1-2H3;11-14H,3-10H2,1-2H3;10-14H,3-9H2,1-2H3;9-14H,3-8H2,1-2H3;9-12H,3-8H2,1-2H3;2*8-12H,3-7H2,1-2H3;7-8H,3-6H2,1-2H3;15*1-2H3. The van der Waals surface area contributed by atoms with Gasteiger partial charge in [-0.3, -0.25) is 0 Å². The Hall–Kier alpha value is -0.200. The summed E-state index contributed by atoms with van der Waals surface area (Å²) in [5, 5.41) is 18.3. The van der Waals surface area contributed by atoms with Crippen molar-refractivity contribution < 1.29 is 0 Å². The largest absolute Gasteiger partial charge is 0.314 e. The normalized spacial score (nSPS) is 35.8. The highest BCUT2D eigenvalue weighted by molar-refractivity contribution is 4.92. The molecule has 11 saturated carbocycles. The number of nitrogens with one attached hydrogen (secondary N) is 5. The van der Waals surface area contributed by atoms with Crippen LogP contribution >= 0.6 is 0 Å². The van der Waals surface area contributed by atoms with Gasteiger partial charge in [-0.05, 0) is 315 Å². The highest BCUT2D eigenvalue weighted by Gasteiger charge is 2.37. The van der Waals surface area contributed by atoms with Crippen LogP contribution in [0.2, 0.25) is 0 Å². The molecule has 131 heavy (non-hydrogen) atoms. The van der Waals surface area contributed by atoms with Crippen molar-refractivity contribution in [3.05, 3.63) is 0 Å². The van der Waals surface area contributed by atoms with Gasteiger partial charge in [0.25, 0.3) is 0 Å². The quantitative estimate of drug-likeness (QED) is 0.190. The molecule has 0 amide bonds. The predicted octanol–water partition coefficient (Wildman–Crippen LogP) is 41.8. The number of piperidine rings is 3. The van der Waals surface area contributed by atoms with Gasteiger partial charge in [0.1, 0.15) is 0 Å². The lowest BCUT2D eigenvalue weighted by Crippen LogP contribution is -2.56. The number of hydrogen-bond acceptors (Lipinski definition) is 5. The van der Waals surface area contributed by atoms with Crippen LogP contribution in [0.1, 0.15) is 607 Å². The summed E-state index contributed by atoms with van der Waals surface area (Å²) in [6.07, 6.45) is 67.8. The molecule has 0 aromatic carbocycles. The van der Waals surface area contributed by atoms with Crippen LogP contribution in [0.3, 0.4) is 0 Å². The van der Waals surface area contributed by atoms with Gasteiger partial charge >= 0.3 is 0 Å². The van der Waals surface area contributed by atoms with E-state index in [2.05, 4.69) is 137 Å². The summed E-state index contributed by atoms with van der Waals surface area (Å²) in [7, 11) is 0. The summed E-state index contributed by atoms with van der Waals surface area (Å²) >= 11 is 0. The van der Waals surface area contributed by atoms with Crippen molar-refractivity contribution in [2.75, 3.05) is 32.7 Å². The Morgan fingerprint density at radius 3 is 0.679 bits per heavy atom. The van der Waals surface area contributed by atoms with Crippen LogP contribution in [0.5, 0.6) is 0 Å². The van der Waals surface area contributed by atoms with Gasteiger partial charge in [0.05, 0.1) is 6.17 Å². The second kappa shape index (κ2) is 103. The Balaban J connectivity index is -0.000000211. The van der Waals surface area contributed by atoms with E-state index >= 15 is 0 Å². The Labute approximate surface area is 839 Å². The van der Waals surface area contributed by atoms with E-state index in [1.807, 2.05) is 208 Å². The van der Waals surface area contributed by atoms with E-state index < -0.39 is 0 Å². The Bertz CT molecular complexity index is 1720. The van der Waals surface area contributed by atoms with Crippen LogP contribution in [0.4, 0.5) is 0 Å².